The molecule has 2 aromatic rings. The number of benzene rings is 2. The molecule has 1 aliphatic heterocycles. The average molecular weight is 389 g/mol. The molecule has 8 heteroatoms. The molecule has 0 aromatic heterocycles. The van der Waals surface area contributed by atoms with Gasteiger partial charge < -0.3 is 4.90 Å². The predicted molar refractivity (Wildman–Crippen MR) is 104 cm³/mol. The zero-order valence-corrected chi connectivity index (χ0v) is 16.0. The lowest BCUT2D eigenvalue weighted by Crippen LogP contribution is -2.41. The third-order valence-electron chi connectivity index (χ3n) is 4.84. The molecular formula is C19H23N3O4S. The molecule has 1 saturated heterocycles. The zero-order chi connectivity index (χ0) is 19.4. The van der Waals surface area contributed by atoms with Crippen molar-refractivity contribution in [1.82, 2.24) is 4.72 Å². The predicted octanol–water partition coefficient (Wildman–Crippen LogP) is 3.10. The second-order valence-electron chi connectivity index (χ2n) is 6.89. The van der Waals surface area contributed by atoms with E-state index < -0.39 is 14.9 Å². The molecule has 0 spiro atoms. The van der Waals surface area contributed by atoms with Gasteiger partial charge in [0.15, 0.2) is 0 Å². The van der Waals surface area contributed by atoms with Crippen LogP contribution in [0.5, 0.6) is 0 Å². The Morgan fingerprint density at radius 1 is 1.15 bits per heavy atom. The van der Waals surface area contributed by atoms with Gasteiger partial charge in [-0.15, -0.1) is 0 Å². The third-order valence-corrected chi connectivity index (χ3v) is 6.28. The van der Waals surface area contributed by atoms with Gasteiger partial charge in [0.2, 0.25) is 10.0 Å². The zero-order valence-electron chi connectivity index (χ0n) is 15.2. The summed E-state index contributed by atoms with van der Waals surface area (Å²) in [6, 6.07) is 13.3. The molecular weight excluding hydrogens is 366 g/mol. The van der Waals surface area contributed by atoms with Gasteiger partial charge in [0.25, 0.3) is 5.69 Å². The number of hydrogen-bond acceptors (Lipinski definition) is 5. The summed E-state index contributed by atoms with van der Waals surface area (Å²) in [5.41, 5.74) is 2.00. The molecule has 1 aliphatic rings. The van der Waals surface area contributed by atoms with E-state index in [0.717, 1.165) is 30.6 Å². The number of nitro groups is 1. The Labute approximate surface area is 159 Å². The Kier molecular flexibility index (Phi) is 5.76. The molecule has 2 aromatic carbocycles. The van der Waals surface area contributed by atoms with Crippen LogP contribution in [0.4, 0.5) is 11.4 Å². The van der Waals surface area contributed by atoms with Crippen molar-refractivity contribution in [3.05, 3.63) is 64.2 Å². The molecule has 27 heavy (non-hydrogen) atoms. The van der Waals surface area contributed by atoms with Crippen LogP contribution >= 0.6 is 0 Å². The van der Waals surface area contributed by atoms with E-state index in [2.05, 4.69) is 9.62 Å². The lowest BCUT2D eigenvalue weighted by molar-refractivity contribution is -0.384. The quantitative estimate of drug-likeness (QED) is 0.605. The van der Waals surface area contributed by atoms with Crippen molar-refractivity contribution in [3.63, 3.8) is 0 Å². The van der Waals surface area contributed by atoms with E-state index in [1.807, 2.05) is 6.92 Å². The highest BCUT2D eigenvalue weighted by molar-refractivity contribution is 7.89. The van der Waals surface area contributed by atoms with Crippen LogP contribution in [-0.4, -0.2) is 33.0 Å². The van der Waals surface area contributed by atoms with Gasteiger partial charge >= 0.3 is 0 Å². The minimum absolute atomic E-state index is 0.0677. The first-order valence-electron chi connectivity index (χ1n) is 8.91. The van der Waals surface area contributed by atoms with Crippen molar-refractivity contribution in [2.75, 3.05) is 24.5 Å². The van der Waals surface area contributed by atoms with Gasteiger partial charge in [0, 0.05) is 37.5 Å². The van der Waals surface area contributed by atoms with Crippen molar-refractivity contribution in [1.29, 1.82) is 0 Å². The molecule has 1 fully saturated rings. The first-order chi connectivity index (χ1) is 12.8. The topological polar surface area (TPSA) is 92.6 Å². The highest BCUT2D eigenvalue weighted by Gasteiger charge is 2.23. The fourth-order valence-corrected chi connectivity index (χ4v) is 4.40. The van der Waals surface area contributed by atoms with E-state index in [4.69, 9.17) is 0 Å². The summed E-state index contributed by atoms with van der Waals surface area (Å²) in [6.45, 7) is 3.87. The maximum Gasteiger partial charge on any atom is 0.269 e. The number of nitrogens with zero attached hydrogens (tertiary/aromatic N) is 2. The van der Waals surface area contributed by atoms with Crippen molar-refractivity contribution in [2.24, 2.45) is 5.92 Å². The fraction of sp³-hybridized carbons (Fsp3) is 0.368. The molecule has 0 bridgehead atoms. The Balaban J connectivity index is 1.61. The van der Waals surface area contributed by atoms with Crippen molar-refractivity contribution in [3.8, 4) is 0 Å². The monoisotopic (exact) mass is 389 g/mol. The summed E-state index contributed by atoms with van der Waals surface area (Å²) in [4.78, 5) is 12.8. The molecule has 1 unspecified atom stereocenters. The smallest absolute Gasteiger partial charge is 0.269 e. The number of non-ortho nitro benzene ring substituents is 1. The second-order valence-corrected chi connectivity index (χ2v) is 8.66. The van der Waals surface area contributed by atoms with Gasteiger partial charge in [-0.05, 0) is 49.9 Å². The summed E-state index contributed by atoms with van der Waals surface area (Å²) >= 11 is 0. The summed E-state index contributed by atoms with van der Waals surface area (Å²) in [6.07, 6.45) is 1.90. The lowest BCUT2D eigenvalue weighted by Gasteiger charge is -2.34. The van der Waals surface area contributed by atoms with Gasteiger partial charge in [-0.3, -0.25) is 10.1 Å². The maximum absolute atomic E-state index is 12.5. The van der Waals surface area contributed by atoms with E-state index in [-0.39, 0.29) is 16.5 Å². The molecule has 0 aliphatic carbocycles. The number of anilines is 1. The van der Waals surface area contributed by atoms with Crippen LogP contribution in [0.1, 0.15) is 18.4 Å². The maximum atomic E-state index is 12.5. The number of rotatable bonds is 6. The van der Waals surface area contributed by atoms with Crippen molar-refractivity contribution in [2.45, 2.75) is 24.7 Å². The number of piperidine rings is 1. The van der Waals surface area contributed by atoms with Crippen LogP contribution in [0.25, 0.3) is 0 Å². The molecule has 3 rings (SSSR count). The van der Waals surface area contributed by atoms with E-state index in [1.54, 1.807) is 36.4 Å². The molecule has 0 radical (unpaired) electrons. The largest absolute Gasteiger partial charge is 0.371 e. The first kappa shape index (κ1) is 19.3. The van der Waals surface area contributed by atoms with E-state index in [9.17, 15) is 18.5 Å². The number of aryl methyl sites for hydroxylation is 1. The minimum atomic E-state index is -3.52. The van der Waals surface area contributed by atoms with Crippen LogP contribution in [0.15, 0.2) is 53.4 Å². The molecule has 0 saturated carbocycles. The van der Waals surface area contributed by atoms with E-state index >= 15 is 0 Å². The normalized spacial score (nSPS) is 17.7. The Morgan fingerprint density at radius 3 is 2.44 bits per heavy atom. The molecule has 1 atom stereocenters. The van der Waals surface area contributed by atoms with E-state index in [0.29, 0.717) is 13.1 Å². The summed E-state index contributed by atoms with van der Waals surface area (Å²) in [7, 11) is -3.52. The Bertz CT molecular complexity index is 896. The van der Waals surface area contributed by atoms with E-state index in [1.165, 1.54) is 12.1 Å². The lowest BCUT2D eigenvalue weighted by atomic mass is 9.98. The van der Waals surface area contributed by atoms with Crippen LogP contribution in [0.2, 0.25) is 0 Å². The van der Waals surface area contributed by atoms with Gasteiger partial charge in [0.1, 0.15) is 0 Å². The van der Waals surface area contributed by atoms with Crippen molar-refractivity contribution >= 4 is 21.4 Å². The van der Waals surface area contributed by atoms with Crippen LogP contribution in [-0.2, 0) is 10.0 Å². The highest BCUT2D eigenvalue weighted by Crippen LogP contribution is 2.25. The van der Waals surface area contributed by atoms with Gasteiger partial charge in [-0.1, -0.05) is 17.7 Å². The summed E-state index contributed by atoms with van der Waals surface area (Å²) in [5.74, 6) is 0.189. The SMILES string of the molecule is Cc1ccc(S(=O)(=O)NCC2CCCN(c3ccc([N+](=O)[O-])cc3)C2)cc1. The minimum Gasteiger partial charge on any atom is -0.371 e. The van der Waals surface area contributed by atoms with Gasteiger partial charge in [-0.2, -0.15) is 0 Å². The third kappa shape index (κ3) is 4.84. The van der Waals surface area contributed by atoms with Crippen LogP contribution < -0.4 is 9.62 Å². The van der Waals surface area contributed by atoms with Crippen LogP contribution in [0, 0.1) is 23.0 Å². The standard InChI is InChI=1S/C19H23N3O4S/c1-15-4-10-19(11-5-15)27(25,26)20-13-16-3-2-12-21(14-16)17-6-8-18(9-7-17)22(23)24/h4-11,16,20H,2-3,12-14H2,1H3. The average Bonchev–Trinajstić information content (AvgIpc) is 2.67. The fourth-order valence-electron chi connectivity index (χ4n) is 3.28. The molecule has 1 N–H and O–H groups in total. The Morgan fingerprint density at radius 2 is 1.81 bits per heavy atom. The number of sulfonamides is 1. The Hall–Kier alpha value is -2.45. The van der Waals surface area contributed by atoms with Crippen molar-refractivity contribution < 1.29 is 13.3 Å². The molecule has 144 valence electrons. The van der Waals surface area contributed by atoms with Gasteiger partial charge in [0.05, 0.1) is 9.82 Å². The molecule has 0 amide bonds. The highest BCUT2D eigenvalue weighted by atomic mass is 32.2. The summed E-state index contributed by atoms with van der Waals surface area (Å²) in [5, 5.41) is 10.8. The molecule has 7 nitrogen and oxygen atoms in total. The second kappa shape index (κ2) is 8.06. The number of nitro benzene ring substituents is 1. The summed E-state index contributed by atoms with van der Waals surface area (Å²) < 4.78 is 27.6. The van der Waals surface area contributed by atoms with Gasteiger partial charge in [-0.25, -0.2) is 13.1 Å². The number of nitrogens with one attached hydrogen (secondary N) is 1. The molecule has 1 heterocycles. The first-order valence-corrected chi connectivity index (χ1v) is 10.4. The van der Waals surface area contributed by atoms with Crippen LogP contribution in [0.3, 0.4) is 0 Å². The number of hydrogen-bond donors (Lipinski definition) is 1.